The summed E-state index contributed by atoms with van der Waals surface area (Å²) < 4.78 is 4.82. The SMILES string of the molecule is CCN(CC)Cc1cc(C(C)(C)C)cc(C(C)(C)C)c1[O-].C[Si](C)(C)[N-][Si](C)(C)C.[HH].[HH].[Sn+2]. The van der Waals surface area contributed by atoms with Gasteiger partial charge >= 0.3 is 23.9 Å². The van der Waals surface area contributed by atoms with Crippen LogP contribution in [0.2, 0.25) is 39.3 Å². The monoisotopic (exact) mass is 574 g/mol. The van der Waals surface area contributed by atoms with E-state index in [9.17, 15) is 5.11 Å². The molecule has 1 rings (SSSR count). The minimum atomic E-state index is -1.11. The minimum Gasteiger partial charge on any atom is -0.872 e. The van der Waals surface area contributed by atoms with Gasteiger partial charge in [0.15, 0.2) is 0 Å². The molecule has 0 spiro atoms. The zero-order valence-corrected chi connectivity index (χ0v) is 27.9. The summed E-state index contributed by atoms with van der Waals surface area (Å²) in [5.41, 5.74) is 3.09. The van der Waals surface area contributed by atoms with Gasteiger partial charge in [-0.25, -0.2) is 0 Å². The number of benzene rings is 1. The fourth-order valence-corrected chi connectivity index (χ4v) is 11.5. The first kappa shape index (κ1) is 33.3. The van der Waals surface area contributed by atoms with Gasteiger partial charge in [0.25, 0.3) is 0 Å². The Morgan fingerprint density at radius 3 is 1.52 bits per heavy atom. The van der Waals surface area contributed by atoms with Crippen molar-refractivity contribution in [2.24, 2.45) is 0 Å². The first-order valence-electron chi connectivity index (χ1n) is 11.5. The van der Waals surface area contributed by atoms with Crippen LogP contribution in [0.3, 0.4) is 0 Å². The minimum absolute atomic E-state index is 0. The summed E-state index contributed by atoms with van der Waals surface area (Å²) in [5.74, 6) is 0.224. The normalized spacial score (nSPS) is 12.9. The molecule has 0 heterocycles. The molecule has 0 unspecified atom stereocenters. The Bertz CT molecular complexity index is 661. The van der Waals surface area contributed by atoms with Gasteiger partial charge in [-0.15, -0.1) is 5.75 Å². The van der Waals surface area contributed by atoms with Crippen LogP contribution in [0.15, 0.2) is 12.1 Å². The van der Waals surface area contributed by atoms with Crippen molar-refractivity contribution >= 4 is 40.4 Å². The van der Waals surface area contributed by atoms with Crippen molar-refractivity contribution in [3.05, 3.63) is 33.5 Å². The van der Waals surface area contributed by atoms with Crippen molar-refractivity contribution in [3.8, 4) is 5.75 Å². The van der Waals surface area contributed by atoms with Crippen LogP contribution in [-0.4, -0.2) is 58.4 Å². The second kappa shape index (κ2) is 12.6. The molecule has 0 N–H and O–H groups in total. The topological polar surface area (TPSA) is 40.4 Å². The number of hydrogen-bond donors (Lipinski definition) is 0. The van der Waals surface area contributed by atoms with Crippen molar-refractivity contribution < 1.29 is 7.96 Å². The van der Waals surface area contributed by atoms with Gasteiger partial charge in [-0.05, 0) is 40.6 Å². The van der Waals surface area contributed by atoms with Crippen molar-refractivity contribution in [2.75, 3.05) is 13.1 Å². The predicted molar refractivity (Wildman–Crippen MR) is 150 cm³/mol. The Morgan fingerprint density at radius 2 is 1.26 bits per heavy atom. The molecular formula is C25H54N2OSi2Sn. The van der Waals surface area contributed by atoms with Crippen LogP contribution in [0.4, 0.5) is 0 Å². The zero-order chi connectivity index (χ0) is 24.1. The maximum absolute atomic E-state index is 12.8. The van der Waals surface area contributed by atoms with E-state index < -0.39 is 16.5 Å². The van der Waals surface area contributed by atoms with E-state index in [4.69, 9.17) is 4.65 Å². The van der Waals surface area contributed by atoms with Crippen LogP contribution in [0.5, 0.6) is 5.75 Å². The third-order valence-electron chi connectivity index (χ3n) is 4.80. The second-order valence-corrected chi connectivity index (χ2v) is 22.0. The van der Waals surface area contributed by atoms with E-state index in [1.807, 2.05) is 0 Å². The Kier molecular flexibility index (Phi) is 13.5. The summed E-state index contributed by atoms with van der Waals surface area (Å²) in [4.78, 5) is 2.30. The Balaban J connectivity index is -0.000000302. The smallest absolute Gasteiger partial charge is 0.872 e. The molecule has 0 aliphatic heterocycles. The molecule has 3 nitrogen and oxygen atoms in total. The molecule has 6 heteroatoms. The summed E-state index contributed by atoms with van der Waals surface area (Å²) >= 11 is 0. The van der Waals surface area contributed by atoms with Gasteiger partial charge in [0.05, 0.1) is 0 Å². The molecule has 1 aromatic rings. The molecule has 0 bridgehead atoms. The van der Waals surface area contributed by atoms with Crippen LogP contribution in [-0.2, 0) is 17.4 Å². The first-order valence-corrected chi connectivity index (χ1v) is 18.4. The van der Waals surface area contributed by atoms with Gasteiger partial charge in [0, 0.05) is 9.40 Å². The number of rotatable bonds is 6. The standard InChI is InChI=1S/C19H33NO.C6H18NSi2.Sn.2H2/c1-9-20(10-2)13-14-11-15(18(3,4)5)12-16(17(14)21)19(6,7)8;1-8(2,3)7-9(4,5)6;;;/h11-12,21H,9-10,13H2,1-8H3;1-6H3;;2*1H/q;-1;+2;;/p-1. The molecule has 2 radical (unpaired) electrons. The first-order chi connectivity index (χ1) is 13.2. The zero-order valence-electron chi connectivity index (χ0n) is 23.1. The van der Waals surface area contributed by atoms with E-state index in [0.29, 0.717) is 0 Å². The van der Waals surface area contributed by atoms with E-state index in [2.05, 4.69) is 112 Å². The maximum atomic E-state index is 12.8. The largest absolute Gasteiger partial charge is 2.00 e. The van der Waals surface area contributed by atoms with Gasteiger partial charge < -0.3 is 9.75 Å². The fourth-order valence-electron chi connectivity index (χ4n) is 3.49. The van der Waals surface area contributed by atoms with Crippen LogP contribution in [0.1, 0.15) is 74.9 Å². The Morgan fingerprint density at radius 1 is 0.839 bits per heavy atom. The Labute approximate surface area is 216 Å². The van der Waals surface area contributed by atoms with Crippen LogP contribution in [0.25, 0.3) is 4.65 Å². The van der Waals surface area contributed by atoms with Crippen LogP contribution < -0.4 is 5.11 Å². The fraction of sp³-hybridized carbons (Fsp3) is 0.760. The molecular weight excluding hydrogens is 519 g/mol. The summed E-state index contributed by atoms with van der Waals surface area (Å²) in [7, 11) is -2.21. The third kappa shape index (κ3) is 13.5. The molecule has 0 aliphatic rings. The molecule has 0 saturated heterocycles. The van der Waals surface area contributed by atoms with E-state index in [1.54, 1.807) is 0 Å². The van der Waals surface area contributed by atoms with Crippen LogP contribution >= 0.6 is 0 Å². The van der Waals surface area contributed by atoms with E-state index in [1.165, 1.54) is 5.56 Å². The summed E-state index contributed by atoms with van der Waals surface area (Å²) in [5, 5.41) is 12.8. The molecule has 0 atom stereocenters. The van der Waals surface area contributed by atoms with Gasteiger partial charge in [0.2, 0.25) is 0 Å². The quantitative estimate of drug-likeness (QED) is 0.334. The second-order valence-electron chi connectivity index (χ2n) is 12.4. The number of nitrogens with zero attached hydrogens (tertiary/aromatic N) is 2. The molecule has 0 fully saturated rings. The predicted octanol–water partition coefficient (Wildman–Crippen LogP) is 7.34. The van der Waals surface area contributed by atoms with Gasteiger partial charge in [0.1, 0.15) is 0 Å². The van der Waals surface area contributed by atoms with E-state index >= 15 is 0 Å². The maximum Gasteiger partial charge on any atom is 2.00 e. The molecule has 182 valence electrons. The van der Waals surface area contributed by atoms with E-state index in [-0.39, 0.29) is 43.3 Å². The average molecular weight is 574 g/mol. The molecule has 0 aliphatic carbocycles. The van der Waals surface area contributed by atoms with Crippen LogP contribution in [0, 0.1) is 0 Å². The number of hydrogen-bond acceptors (Lipinski definition) is 2. The third-order valence-corrected chi connectivity index (χ3v) is 10.2. The van der Waals surface area contributed by atoms with Crippen molar-refractivity contribution in [2.45, 2.75) is 112 Å². The average Bonchev–Trinajstić information content (AvgIpc) is 2.48. The molecule has 1 aromatic carbocycles. The molecule has 0 amide bonds. The Hall–Kier alpha value is 0.172. The van der Waals surface area contributed by atoms with Crippen molar-refractivity contribution in [1.82, 2.24) is 4.90 Å². The van der Waals surface area contributed by atoms with Crippen molar-refractivity contribution in [3.63, 3.8) is 0 Å². The summed E-state index contributed by atoms with van der Waals surface area (Å²) in [6, 6.07) is 4.24. The van der Waals surface area contributed by atoms with Gasteiger partial charge in [-0.2, -0.15) is 0 Å². The molecule has 31 heavy (non-hydrogen) atoms. The van der Waals surface area contributed by atoms with Gasteiger partial charge in [-0.3, -0.25) is 4.90 Å². The van der Waals surface area contributed by atoms with Crippen molar-refractivity contribution in [1.29, 1.82) is 0 Å². The summed E-state index contributed by atoms with van der Waals surface area (Å²) in [6.45, 7) is 33.8. The van der Waals surface area contributed by atoms with Gasteiger partial charge in [-0.1, -0.05) is 123 Å². The van der Waals surface area contributed by atoms with E-state index in [0.717, 1.165) is 30.8 Å². The molecule has 0 saturated carbocycles. The summed E-state index contributed by atoms with van der Waals surface area (Å²) in [6.07, 6.45) is 0. The molecule has 0 aromatic heterocycles.